The number of fused-ring (bicyclic) bond motifs is 2. The lowest BCUT2D eigenvalue weighted by Gasteiger charge is -2.21. The number of hydrogen-bond donors (Lipinski definition) is 1. The average molecular weight is 533 g/mol. The summed E-state index contributed by atoms with van der Waals surface area (Å²) in [7, 11) is 0. The van der Waals surface area contributed by atoms with Crippen LogP contribution in [0.25, 0.3) is 21.5 Å². The first-order valence-corrected chi connectivity index (χ1v) is 14.7. The van der Waals surface area contributed by atoms with Gasteiger partial charge >= 0.3 is 0 Å². The average Bonchev–Trinajstić information content (AvgIpc) is 3.73. The summed E-state index contributed by atoms with van der Waals surface area (Å²) in [4.78, 5) is 2.21. The molecule has 36 heavy (non-hydrogen) atoms. The van der Waals surface area contributed by atoms with E-state index in [0.717, 1.165) is 43.7 Å². The predicted molar refractivity (Wildman–Crippen MR) is 148 cm³/mol. The molecule has 0 radical (unpaired) electrons. The van der Waals surface area contributed by atoms with Crippen LogP contribution in [-0.4, -0.2) is 75.1 Å². The quantitative estimate of drug-likeness (QED) is 0.151. The van der Waals surface area contributed by atoms with Gasteiger partial charge in [0.25, 0.3) is 0 Å². The smallest absolute Gasteiger partial charge is 0.135 e. The molecule has 1 aliphatic rings. The molecule has 1 aliphatic heterocycles. The zero-order valence-electron chi connectivity index (χ0n) is 21.6. The molecule has 1 saturated heterocycles. The molecule has 1 N–H and O–H groups in total. The van der Waals surface area contributed by atoms with Crippen molar-refractivity contribution < 1.29 is 28.8 Å². The lowest BCUT2D eigenvalue weighted by atomic mass is 10.0. The van der Waals surface area contributed by atoms with Gasteiger partial charge in [0.15, 0.2) is 0 Å². The third-order valence-corrected chi connectivity index (χ3v) is 7.57. The third-order valence-electron chi connectivity index (χ3n) is 6.12. The summed E-state index contributed by atoms with van der Waals surface area (Å²) in [5.41, 5.74) is 0. The molecule has 0 bridgehead atoms. The number of thioether (sulfide) groups is 2. The number of ether oxygens (including phenoxy) is 5. The first-order chi connectivity index (χ1) is 17.4. The summed E-state index contributed by atoms with van der Waals surface area (Å²) in [5.74, 6) is 1.06. The van der Waals surface area contributed by atoms with E-state index in [9.17, 15) is 5.11 Å². The summed E-state index contributed by atoms with van der Waals surface area (Å²) >= 11 is 3.31. The highest BCUT2D eigenvalue weighted by atomic mass is 32.2. The minimum atomic E-state index is -0.134. The molecule has 6 nitrogen and oxygen atoms in total. The van der Waals surface area contributed by atoms with Gasteiger partial charge in [0, 0.05) is 31.3 Å². The molecule has 0 spiro atoms. The van der Waals surface area contributed by atoms with Gasteiger partial charge in [0.1, 0.15) is 24.2 Å². The van der Waals surface area contributed by atoms with E-state index >= 15 is 0 Å². The summed E-state index contributed by atoms with van der Waals surface area (Å²) in [6.45, 7) is 8.79. The molecular weight excluding hydrogens is 496 g/mol. The molecule has 0 saturated carbocycles. The molecule has 0 amide bonds. The Morgan fingerprint density at radius 1 is 0.806 bits per heavy atom. The Hall–Kier alpha value is -1.68. The number of phenolic OH excluding ortho intramolecular Hbond substituents is 1. The molecule has 0 aliphatic carbocycles. The number of epoxide rings is 1. The second-order valence-electron chi connectivity index (χ2n) is 9.20. The minimum Gasteiger partial charge on any atom is -0.507 e. The van der Waals surface area contributed by atoms with Crippen LogP contribution in [0.2, 0.25) is 0 Å². The van der Waals surface area contributed by atoms with E-state index in [1.807, 2.05) is 57.5 Å². The highest BCUT2D eigenvalue weighted by Crippen LogP contribution is 2.44. The predicted octanol–water partition coefficient (Wildman–Crippen LogP) is 6.14. The molecular formula is C28H36O6S2. The molecule has 1 heterocycles. The van der Waals surface area contributed by atoms with Crippen molar-refractivity contribution in [3.63, 3.8) is 0 Å². The molecule has 8 heteroatoms. The van der Waals surface area contributed by atoms with E-state index in [0.29, 0.717) is 26.4 Å². The Labute approximate surface area is 222 Å². The normalized spacial score (nSPS) is 17.9. The van der Waals surface area contributed by atoms with Gasteiger partial charge in [-0.2, -0.15) is 0 Å². The Bertz CT molecular complexity index is 1170. The summed E-state index contributed by atoms with van der Waals surface area (Å²) in [5, 5.41) is 14.4. The zero-order valence-corrected chi connectivity index (χ0v) is 23.2. The van der Waals surface area contributed by atoms with Gasteiger partial charge in [-0.05, 0) is 69.7 Å². The van der Waals surface area contributed by atoms with Crippen LogP contribution in [0.15, 0.2) is 46.2 Å². The van der Waals surface area contributed by atoms with Crippen molar-refractivity contribution in [2.75, 3.05) is 45.5 Å². The lowest BCUT2D eigenvalue weighted by Crippen LogP contribution is -2.27. The highest BCUT2D eigenvalue weighted by molar-refractivity contribution is 7.98. The Kier molecular flexibility index (Phi) is 9.66. The minimum absolute atomic E-state index is 0.0197. The van der Waals surface area contributed by atoms with Crippen LogP contribution in [0.1, 0.15) is 20.8 Å². The van der Waals surface area contributed by atoms with Crippen LogP contribution >= 0.6 is 23.5 Å². The van der Waals surface area contributed by atoms with Crippen LogP contribution in [0, 0.1) is 0 Å². The summed E-state index contributed by atoms with van der Waals surface area (Å²) in [6, 6.07) is 12.2. The second kappa shape index (κ2) is 12.7. The molecule has 0 aromatic heterocycles. The third kappa shape index (κ3) is 7.00. The van der Waals surface area contributed by atoms with Gasteiger partial charge in [0.2, 0.25) is 0 Å². The number of rotatable bonds is 14. The van der Waals surface area contributed by atoms with Crippen LogP contribution in [-0.2, 0) is 18.9 Å². The van der Waals surface area contributed by atoms with Gasteiger partial charge in [-0.15, -0.1) is 23.5 Å². The van der Waals surface area contributed by atoms with Crippen LogP contribution < -0.4 is 4.74 Å². The first kappa shape index (κ1) is 27.4. The Balaban J connectivity index is 1.40. The topological polar surface area (TPSA) is 69.7 Å². The van der Waals surface area contributed by atoms with Gasteiger partial charge in [-0.1, -0.05) is 0 Å². The molecule has 196 valence electrons. The monoisotopic (exact) mass is 532 g/mol. The molecule has 4 atom stereocenters. The largest absolute Gasteiger partial charge is 0.507 e. The van der Waals surface area contributed by atoms with Crippen LogP contribution in [0.4, 0.5) is 0 Å². The van der Waals surface area contributed by atoms with Gasteiger partial charge in [-0.3, -0.25) is 0 Å². The maximum atomic E-state index is 11.1. The zero-order chi connectivity index (χ0) is 25.7. The van der Waals surface area contributed by atoms with Crippen molar-refractivity contribution in [2.24, 2.45) is 0 Å². The van der Waals surface area contributed by atoms with E-state index in [1.54, 1.807) is 23.5 Å². The molecule has 3 aromatic rings. The maximum Gasteiger partial charge on any atom is 0.135 e. The summed E-state index contributed by atoms with van der Waals surface area (Å²) in [6.07, 6.45) is 4.16. The molecule has 3 aromatic carbocycles. The van der Waals surface area contributed by atoms with E-state index in [2.05, 4.69) is 12.1 Å². The second-order valence-corrected chi connectivity index (χ2v) is 11.0. The van der Waals surface area contributed by atoms with Crippen molar-refractivity contribution in [3.05, 3.63) is 36.4 Å². The van der Waals surface area contributed by atoms with E-state index in [4.69, 9.17) is 23.7 Å². The van der Waals surface area contributed by atoms with Gasteiger partial charge in [0.05, 0.1) is 44.7 Å². The maximum absolute atomic E-state index is 11.1. The number of hydrogen-bond acceptors (Lipinski definition) is 8. The lowest BCUT2D eigenvalue weighted by molar-refractivity contribution is -0.0740. The molecule has 4 unspecified atom stereocenters. The number of benzene rings is 3. The van der Waals surface area contributed by atoms with Crippen molar-refractivity contribution in [3.8, 4) is 11.5 Å². The van der Waals surface area contributed by atoms with Crippen LogP contribution in [0.5, 0.6) is 11.5 Å². The van der Waals surface area contributed by atoms with Crippen molar-refractivity contribution >= 4 is 45.1 Å². The van der Waals surface area contributed by atoms with Crippen molar-refractivity contribution in [2.45, 2.75) is 55.0 Å². The number of aromatic hydroxyl groups is 1. The van der Waals surface area contributed by atoms with E-state index < -0.39 is 0 Å². The number of phenols is 1. The fraction of sp³-hybridized carbons (Fsp3) is 0.500. The van der Waals surface area contributed by atoms with Gasteiger partial charge < -0.3 is 28.8 Å². The van der Waals surface area contributed by atoms with Gasteiger partial charge in [-0.25, -0.2) is 0 Å². The SMILES string of the molecule is CSc1ccc2c(OCC(C)OCC(C)OCC(C)OCC3CO3)c3cc(SC)ccc3c(O)c2c1. The Morgan fingerprint density at radius 3 is 1.97 bits per heavy atom. The molecule has 4 rings (SSSR count). The van der Waals surface area contributed by atoms with Crippen LogP contribution in [0.3, 0.4) is 0 Å². The van der Waals surface area contributed by atoms with E-state index in [-0.39, 0.29) is 30.2 Å². The highest BCUT2D eigenvalue weighted by Gasteiger charge is 2.23. The first-order valence-electron chi connectivity index (χ1n) is 12.3. The van der Waals surface area contributed by atoms with E-state index in [1.165, 1.54) is 0 Å². The molecule has 1 fully saturated rings. The summed E-state index contributed by atoms with van der Waals surface area (Å²) < 4.78 is 29.2. The fourth-order valence-electron chi connectivity index (χ4n) is 3.92. The Morgan fingerprint density at radius 2 is 1.36 bits per heavy atom. The fourth-order valence-corrected chi connectivity index (χ4v) is 4.79. The van der Waals surface area contributed by atoms with Crippen molar-refractivity contribution in [1.29, 1.82) is 0 Å². The van der Waals surface area contributed by atoms with Crippen molar-refractivity contribution in [1.82, 2.24) is 0 Å². The standard InChI is InChI=1S/C28H36O6S2/c1-17(30-13-18(2)32-15-20-16-33-20)12-31-19(3)14-34-28-24-9-7-21(35-4)10-25(24)27(29)23-8-6-22(36-5)11-26(23)28/h6-11,17-20,29H,12-16H2,1-5H3.